The van der Waals surface area contributed by atoms with Gasteiger partial charge in [0.2, 0.25) is 0 Å². The zero-order valence-electron chi connectivity index (χ0n) is 11.1. The Morgan fingerprint density at radius 2 is 1.20 bits per heavy atom. The van der Waals surface area contributed by atoms with Crippen molar-refractivity contribution in [1.29, 1.82) is 0 Å². The summed E-state index contributed by atoms with van der Waals surface area (Å²) in [6.07, 6.45) is -0.796. The number of hydrogen-bond acceptors (Lipinski definition) is 6. The number of amidine groups is 2. The fraction of sp³-hybridized carbons (Fsp3) is 0.429. The summed E-state index contributed by atoms with van der Waals surface area (Å²) in [6.45, 7) is 1.95. The van der Waals surface area contributed by atoms with Gasteiger partial charge in [-0.2, -0.15) is 0 Å². The lowest BCUT2D eigenvalue weighted by Gasteiger charge is -2.20. The number of nitrogens with zero attached hydrogens (tertiary/aromatic N) is 2. The van der Waals surface area contributed by atoms with E-state index in [1.807, 2.05) is 24.3 Å². The van der Waals surface area contributed by atoms with E-state index >= 15 is 0 Å². The molecule has 2 aliphatic heterocycles. The van der Waals surface area contributed by atoms with Crippen molar-refractivity contribution in [3.63, 3.8) is 0 Å². The molecule has 6 heteroatoms. The molecular formula is C14H18N4O2. The van der Waals surface area contributed by atoms with Crippen LogP contribution >= 0.6 is 0 Å². The van der Waals surface area contributed by atoms with Crippen molar-refractivity contribution in [1.82, 2.24) is 10.6 Å². The first-order chi connectivity index (χ1) is 9.72. The van der Waals surface area contributed by atoms with Crippen LogP contribution in [0.3, 0.4) is 0 Å². The highest BCUT2D eigenvalue weighted by Gasteiger charge is 2.15. The van der Waals surface area contributed by atoms with E-state index in [0.29, 0.717) is 26.2 Å². The van der Waals surface area contributed by atoms with Gasteiger partial charge in [-0.3, -0.25) is 9.98 Å². The van der Waals surface area contributed by atoms with Gasteiger partial charge in [-0.15, -0.1) is 0 Å². The molecule has 0 bridgehead atoms. The maximum Gasteiger partial charge on any atom is 0.128 e. The molecule has 106 valence electrons. The highest BCUT2D eigenvalue weighted by Crippen LogP contribution is 2.09. The van der Waals surface area contributed by atoms with E-state index in [0.717, 1.165) is 22.8 Å². The van der Waals surface area contributed by atoms with Gasteiger partial charge in [0.05, 0.1) is 25.3 Å². The Hall–Kier alpha value is -1.92. The maximum absolute atomic E-state index is 9.40. The SMILES string of the molecule is O[C@@H]1CN=C(c2ccc(C3=NC[C@H](O)CN3)cc2)NC1. The van der Waals surface area contributed by atoms with Crippen molar-refractivity contribution >= 4 is 11.7 Å². The van der Waals surface area contributed by atoms with Gasteiger partial charge in [-0.25, -0.2) is 0 Å². The van der Waals surface area contributed by atoms with Gasteiger partial charge in [0.15, 0.2) is 0 Å². The van der Waals surface area contributed by atoms with E-state index in [2.05, 4.69) is 20.6 Å². The molecule has 1 aromatic carbocycles. The van der Waals surface area contributed by atoms with Crippen LogP contribution < -0.4 is 10.6 Å². The molecule has 0 radical (unpaired) electrons. The van der Waals surface area contributed by atoms with Crippen molar-refractivity contribution in [2.45, 2.75) is 12.2 Å². The minimum Gasteiger partial charge on any atom is -0.389 e. The predicted molar refractivity (Wildman–Crippen MR) is 77.3 cm³/mol. The average Bonchev–Trinajstić information content (AvgIpc) is 2.49. The molecule has 0 amide bonds. The van der Waals surface area contributed by atoms with Crippen LogP contribution in [-0.4, -0.2) is 60.3 Å². The number of aliphatic hydroxyl groups excluding tert-OH is 2. The first kappa shape index (κ1) is 13.1. The lowest BCUT2D eigenvalue weighted by Crippen LogP contribution is -2.40. The molecular weight excluding hydrogens is 256 g/mol. The lowest BCUT2D eigenvalue weighted by molar-refractivity contribution is 0.181. The van der Waals surface area contributed by atoms with Crippen LogP contribution in [0.1, 0.15) is 11.1 Å². The summed E-state index contributed by atoms with van der Waals surface area (Å²) < 4.78 is 0. The number of aliphatic imine (C=N–C) groups is 2. The largest absolute Gasteiger partial charge is 0.389 e. The van der Waals surface area contributed by atoms with Crippen LogP contribution in [0.2, 0.25) is 0 Å². The molecule has 0 aromatic heterocycles. The average molecular weight is 274 g/mol. The molecule has 2 aliphatic rings. The van der Waals surface area contributed by atoms with Crippen molar-refractivity contribution in [2.24, 2.45) is 9.98 Å². The molecule has 2 atom stereocenters. The highest BCUT2D eigenvalue weighted by atomic mass is 16.3. The third-order valence-corrected chi connectivity index (χ3v) is 3.36. The van der Waals surface area contributed by atoms with Crippen LogP contribution in [-0.2, 0) is 0 Å². The third kappa shape index (κ3) is 2.81. The van der Waals surface area contributed by atoms with Gasteiger partial charge in [0.25, 0.3) is 0 Å². The van der Waals surface area contributed by atoms with E-state index in [9.17, 15) is 10.2 Å². The molecule has 0 saturated carbocycles. The zero-order chi connectivity index (χ0) is 13.9. The Morgan fingerprint density at radius 1 is 0.800 bits per heavy atom. The van der Waals surface area contributed by atoms with E-state index in [1.165, 1.54) is 0 Å². The maximum atomic E-state index is 9.40. The molecule has 0 aliphatic carbocycles. The van der Waals surface area contributed by atoms with Crippen LogP contribution in [0.15, 0.2) is 34.3 Å². The summed E-state index contributed by atoms with van der Waals surface area (Å²) in [6, 6.07) is 7.92. The van der Waals surface area contributed by atoms with Gasteiger partial charge in [0.1, 0.15) is 11.7 Å². The molecule has 0 unspecified atom stereocenters. The Bertz CT molecular complexity index is 490. The van der Waals surface area contributed by atoms with Gasteiger partial charge in [-0.1, -0.05) is 24.3 Å². The van der Waals surface area contributed by atoms with Crippen LogP contribution in [0.25, 0.3) is 0 Å². The second-order valence-corrected chi connectivity index (χ2v) is 5.03. The quantitative estimate of drug-likeness (QED) is 0.563. The molecule has 4 N–H and O–H groups in total. The van der Waals surface area contributed by atoms with Crippen molar-refractivity contribution < 1.29 is 10.2 Å². The number of hydrogen-bond donors (Lipinski definition) is 4. The monoisotopic (exact) mass is 274 g/mol. The standard InChI is InChI=1S/C14H18N4O2/c19-11-5-15-13(16-6-11)9-1-2-10(4-3-9)14-17-7-12(20)8-18-14/h1-4,11-12,19-20H,5-8H2,(H,15,16)(H,17,18). The molecule has 0 spiro atoms. The van der Waals surface area contributed by atoms with Crippen LogP contribution in [0.5, 0.6) is 0 Å². The summed E-state index contributed by atoms with van der Waals surface area (Å²) in [5.74, 6) is 1.63. The minimum atomic E-state index is -0.398. The van der Waals surface area contributed by atoms with E-state index in [-0.39, 0.29) is 0 Å². The molecule has 6 nitrogen and oxygen atoms in total. The summed E-state index contributed by atoms with van der Waals surface area (Å²) in [4.78, 5) is 8.62. The van der Waals surface area contributed by atoms with Crippen LogP contribution in [0, 0.1) is 0 Å². The van der Waals surface area contributed by atoms with E-state index in [4.69, 9.17) is 0 Å². The Balaban J connectivity index is 1.75. The molecule has 3 rings (SSSR count). The van der Waals surface area contributed by atoms with Gasteiger partial charge < -0.3 is 20.8 Å². The summed E-state index contributed by atoms with van der Waals surface area (Å²) in [7, 11) is 0. The smallest absolute Gasteiger partial charge is 0.128 e. The van der Waals surface area contributed by atoms with Crippen molar-refractivity contribution in [2.75, 3.05) is 26.2 Å². The molecule has 0 saturated heterocycles. The van der Waals surface area contributed by atoms with Gasteiger partial charge in [0, 0.05) is 24.2 Å². The third-order valence-electron chi connectivity index (χ3n) is 3.36. The predicted octanol–water partition coefficient (Wildman–Crippen LogP) is -0.892. The van der Waals surface area contributed by atoms with Crippen LogP contribution in [0.4, 0.5) is 0 Å². The summed E-state index contributed by atoms with van der Waals surface area (Å²) >= 11 is 0. The number of aliphatic hydroxyl groups is 2. The summed E-state index contributed by atoms with van der Waals surface area (Å²) in [5, 5.41) is 25.0. The fourth-order valence-electron chi connectivity index (χ4n) is 2.24. The fourth-order valence-corrected chi connectivity index (χ4v) is 2.24. The minimum absolute atomic E-state index is 0.398. The second kappa shape index (κ2) is 5.60. The number of β-amino-alcohol motifs (C(OH)–C–C–N with tert-alkyl or cyclic N) is 2. The van der Waals surface area contributed by atoms with Gasteiger partial charge >= 0.3 is 0 Å². The second-order valence-electron chi connectivity index (χ2n) is 5.03. The van der Waals surface area contributed by atoms with Crippen molar-refractivity contribution in [3.05, 3.63) is 35.4 Å². The number of rotatable bonds is 2. The summed E-state index contributed by atoms with van der Waals surface area (Å²) in [5.41, 5.74) is 1.99. The zero-order valence-corrected chi connectivity index (χ0v) is 11.1. The molecule has 1 aromatic rings. The molecule has 2 heterocycles. The Morgan fingerprint density at radius 3 is 1.50 bits per heavy atom. The Kier molecular flexibility index (Phi) is 3.66. The van der Waals surface area contributed by atoms with E-state index in [1.54, 1.807) is 0 Å². The van der Waals surface area contributed by atoms with Crippen molar-refractivity contribution in [3.8, 4) is 0 Å². The highest BCUT2D eigenvalue weighted by molar-refractivity contribution is 6.02. The first-order valence-electron chi connectivity index (χ1n) is 6.76. The Labute approximate surface area is 117 Å². The van der Waals surface area contributed by atoms with Gasteiger partial charge in [-0.05, 0) is 0 Å². The first-order valence-corrected chi connectivity index (χ1v) is 6.76. The lowest BCUT2D eigenvalue weighted by atomic mass is 10.1. The van der Waals surface area contributed by atoms with E-state index < -0.39 is 12.2 Å². The number of nitrogens with one attached hydrogen (secondary N) is 2. The molecule has 20 heavy (non-hydrogen) atoms. The normalized spacial score (nSPS) is 26.1. The topological polar surface area (TPSA) is 89.2 Å². The molecule has 0 fully saturated rings. The number of benzene rings is 1.